The van der Waals surface area contributed by atoms with E-state index in [0.29, 0.717) is 16.3 Å². The van der Waals surface area contributed by atoms with Gasteiger partial charge in [-0.2, -0.15) is 13.2 Å². The molecule has 0 N–H and O–H groups in total. The molecular formula is C16H14F3N3O. The first kappa shape index (κ1) is 15.5. The highest BCUT2D eigenvalue weighted by atomic mass is 19.4. The zero-order valence-corrected chi connectivity index (χ0v) is 12.3. The van der Waals surface area contributed by atoms with Crippen LogP contribution in [-0.2, 0) is 4.79 Å². The van der Waals surface area contributed by atoms with Crippen LogP contribution in [0.5, 0.6) is 0 Å². The van der Waals surface area contributed by atoms with E-state index in [1.807, 2.05) is 0 Å². The summed E-state index contributed by atoms with van der Waals surface area (Å²) in [6, 6.07) is 9.38. The van der Waals surface area contributed by atoms with Crippen LogP contribution in [-0.4, -0.2) is 22.1 Å². The Bertz CT molecular complexity index is 727. The molecule has 0 radical (unpaired) electrons. The highest BCUT2D eigenvalue weighted by molar-refractivity contribution is 6.02. The number of carbonyl (C=O) groups excluding carboxylic acids is 1. The molecule has 1 aromatic carbocycles. The molecule has 3 rings (SSSR count). The molecule has 2 aromatic rings. The van der Waals surface area contributed by atoms with Crippen molar-refractivity contribution in [2.75, 3.05) is 4.90 Å². The third-order valence-corrected chi connectivity index (χ3v) is 3.52. The third-order valence-electron chi connectivity index (χ3n) is 3.52. The number of hydrogen-bond donors (Lipinski definition) is 0. The quantitative estimate of drug-likeness (QED) is 0.861. The number of aromatic nitrogens is 2. The number of para-hydroxylation sites is 1. The van der Waals surface area contributed by atoms with Crippen LogP contribution in [0.25, 0.3) is 0 Å². The van der Waals surface area contributed by atoms with E-state index in [1.165, 1.54) is 12.1 Å². The van der Waals surface area contributed by atoms with Gasteiger partial charge in [-0.15, -0.1) is 0 Å². The van der Waals surface area contributed by atoms with Crippen LogP contribution in [0.15, 0.2) is 36.4 Å². The molecule has 0 atom stereocenters. The second-order valence-electron chi connectivity index (χ2n) is 5.48. The van der Waals surface area contributed by atoms with Gasteiger partial charge in [0.15, 0.2) is 0 Å². The van der Waals surface area contributed by atoms with Crippen molar-refractivity contribution in [2.45, 2.75) is 31.9 Å². The summed E-state index contributed by atoms with van der Waals surface area (Å²) in [5, 5.41) is 0. The monoisotopic (exact) mass is 321 g/mol. The average Bonchev–Trinajstić information content (AvgIpc) is 3.32. The fourth-order valence-corrected chi connectivity index (χ4v) is 2.29. The minimum atomic E-state index is -5.01. The summed E-state index contributed by atoms with van der Waals surface area (Å²) in [4.78, 5) is 20.7. The van der Waals surface area contributed by atoms with Gasteiger partial charge in [0, 0.05) is 17.3 Å². The molecule has 23 heavy (non-hydrogen) atoms. The topological polar surface area (TPSA) is 46.1 Å². The number of rotatable bonds is 3. The molecule has 1 aromatic heterocycles. The fraction of sp³-hybridized carbons (Fsp3) is 0.312. The van der Waals surface area contributed by atoms with E-state index in [0.717, 1.165) is 12.8 Å². The Morgan fingerprint density at radius 2 is 1.83 bits per heavy atom. The van der Waals surface area contributed by atoms with Gasteiger partial charge in [0.2, 0.25) is 5.95 Å². The van der Waals surface area contributed by atoms with Crippen LogP contribution in [0.2, 0.25) is 0 Å². The van der Waals surface area contributed by atoms with Crippen LogP contribution in [0.1, 0.15) is 30.1 Å². The molecule has 0 unspecified atom stereocenters. The van der Waals surface area contributed by atoms with E-state index < -0.39 is 12.1 Å². The second-order valence-corrected chi connectivity index (χ2v) is 5.48. The first-order valence-electron chi connectivity index (χ1n) is 7.18. The zero-order chi connectivity index (χ0) is 16.6. The minimum absolute atomic E-state index is 0.0853. The lowest BCUT2D eigenvalue weighted by molar-refractivity contribution is -0.169. The fourth-order valence-electron chi connectivity index (χ4n) is 2.29. The molecule has 0 spiro atoms. The SMILES string of the molecule is Cc1cc(C2CC2)nc(N(C(=O)C(F)(F)F)c2ccccc2)n1. The number of hydrogen-bond acceptors (Lipinski definition) is 3. The number of nitrogens with zero attached hydrogens (tertiary/aromatic N) is 3. The number of benzene rings is 1. The van der Waals surface area contributed by atoms with Crippen molar-refractivity contribution in [3.05, 3.63) is 47.8 Å². The predicted molar refractivity (Wildman–Crippen MR) is 78.4 cm³/mol. The maximum absolute atomic E-state index is 13.0. The van der Waals surface area contributed by atoms with Gasteiger partial charge >= 0.3 is 12.1 Å². The van der Waals surface area contributed by atoms with Gasteiger partial charge in [0.1, 0.15) is 0 Å². The van der Waals surface area contributed by atoms with Gasteiger partial charge in [-0.25, -0.2) is 14.9 Å². The van der Waals surface area contributed by atoms with Crippen molar-refractivity contribution in [1.29, 1.82) is 0 Å². The van der Waals surface area contributed by atoms with Crippen molar-refractivity contribution in [3.63, 3.8) is 0 Å². The van der Waals surface area contributed by atoms with Crippen molar-refractivity contribution >= 4 is 17.5 Å². The van der Waals surface area contributed by atoms with Crippen LogP contribution in [0, 0.1) is 6.92 Å². The van der Waals surface area contributed by atoms with Gasteiger partial charge in [-0.1, -0.05) is 18.2 Å². The standard InChI is InChI=1S/C16H14F3N3O/c1-10-9-13(11-7-8-11)21-15(20-10)22(14(23)16(17,18)19)12-5-3-2-4-6-12/h2-6,9,11H,7-8H2,1H3. The molecule has 4 nitrogen and oxygen atoms in total. The second kappa shape index (κ2) is 5.64. The number of carbonyl (C=O) groups is 1. The minimum Gasteiger partial charge on any atom is -0.263 e. The number of aryl methyl sites for hydroxylation is 1. The summed E-state index contributed by atoms with van der Waals surface area (Å²) in [6.07, 6.45) is -3.11. The molecular weight excluding hydrogens is 307 g/mol. The highest BCUT2D eigenvalue weighted by Gasteiger charge is 2.45. The Labute approximate surface area is 131 Å². The van der Waals surface area contributed by atoms with E-state index >= 15 is 0 Å². The van der Waals surface area contributed by atoms with Gasteiger partial charge in [-0.3, -0.25) is 4.79 Å². The van der Waals surface area contributed by atoms with Crippen LogP contribution in [0.3, 0.4) is 0 Å². The van der Waals surface area contributed by atoms with Crippen molar-refractivity contribution in [3.8, 4) is 0 Å². The smallest absolute Gasteiger partial charge is 0.263 e. The summed E-state index contributed by atoms with van der Waals surface area (Å²) in [5.41, 5.74) is 1.30. The van der Waals surface area contributed by atoms with Gasteiger partial charge in [0.05, 0.1) is 5.69 Å². The zero-order valence-electron chi connectivity index (χ0n) is 12.3. The van der Waals surface area contributed by atoms with Gasteiger partial charge in [-0.05, 0) is 38.0 Å². The lowest BCUT2D eigenvalue weighted by Gasteiger charge is -2.22. The van der Waals surface area contributed by atoms with E-state index in [9.17, 15) is 18.0 Å². The summed E-state index contributed by atoms with van der Waals surface area (Å²) in [5.74, 6) is -1.99. The normalized spacial score (nSPS) is 14.6. The molecule has 1 aliphatic carbocycles. The molecule has 0 aliphatic heterocycles. The Morgan fingerprint density at radius 3 is 2.39 bits per heavy atom. The molecule has 1 fully saturated rings. The first-order chi connectivity index (χ1) is 10.9. The van der Waals surface area contributed by atoms with Gasteiger partial charge < -0.3 is 0 Å². The molecule has 1 aliphatic rings. The largest absolute Gasteiger partial charge is 0.472 e. The maximum atomic E-state index is 13.0. The number of anilines is 2. The van der Waals surface area contributed by atoms with Crippen LogP contribution < -0.4 is 4.90 Å². The molecule has 1 saturated carbocycles. The Kier molecular flexibility index (Phi) is 3.79. The molecule has 120 valence electrons. The first-order valence-corrected chi connectivity index (χ1v) is 7.18. The Hall–Kier alpha value is -2.44. The Morgan fingerprint density at radius 1 is 1.17 bits per heavy atom. The summed E-state index contributed by atoms with van der Waals surface area (Å²) in [7, 11) is 0. The third kappa shape index (κ3) is 3.33. The summed E-state index contributed by atoms with van der Waals surface area (Å²) >= 11 is 0. The van der Waals surface area contributed by atoms with Crippen LogP contribution >= 0.6 is 0 Å². The maximum Gasteiger partial charge on any atom is 0.472 e. The predicted octanol–water partition coefficient (Wildman–Crippen LogP) is 3.89. The number of alkyl halides is 3. The highest BCUT2D eigenvalue weighted by Crippen LogP contribution is 2.40. The molecule has 1 amide bonds. The molecule has 1 heterocycles. The van der Waals surface area contributed by atoms with E-state index in [-0.39, 0.29) is 17.6 Å². The summed E-state index contributed by atoms with van der Waals surface area (Å²) in [6.45, 7) is 1.68. The van der Waals surface area contributed by atoms with Crippen molar-refractivity contribution < 1.29 is 18.0 Å². The molecule has 0 saturated heterocycles. The van der Waals surface area contributed by atoms with Crippen LogP contribution in [0.4, 0.5) is 24.8 Å². The van der Waals surface area contributed by atoms with E-state index in [1.54, 1.807) is 31.2 Å². The number of halogens is 3. The summed E-state index contributed by atoms with van der Waals surface area (Å²) < 4.78 is 39.0. The van der Waals surface area contributed by atoms with Crippen molar-refractivity contribution in [1.82, 2.24) is 9.97 Å². The van der Waals surface area contributed by atoms with Gasteiger partial charge in [0.25, 0.3) is 0 Å². The van der Waals surface area contributed by atoms with Crippen molar-refractivity contribution in [2.24, 2.45) is 0 Å². The lowest BCUT2D eigenvalue weighted by Crippen LogP contribution is -2.39. The molecule has 0 bridgehead atoms. The lowest BCUT2D eigenvalue weighted by atomic mass is 10.2. The van der Waals surface area contributed by atoms with E-state index in [4.69, 9.17) is 0 Å². The average molecular weight is 321 g/mol. The Balaban J connectivity index is 2.10. The number of amides is 1. The molecule has 7 heteroatoms. The van der Waals surface area contributed by atoms with E-state index in [2.05, 4.69) is 9.97 Å².